The molecule has 0 unspecified atom stereocenters. The zero-order valence-corrected chi connectivity index (χ0v) is 14.4. The number of hydrogen-bond acceptors (Lipinski definition) is 6. The van der Waals surface area contributed by atoms with Crippen molar-refractivity contribution in [2.75, 3.05) is 0 Å². The van der Waals surface area contributed by atoms with Crippen LogP contribution in [0.3, 0.4) is 0 Å². The van der Waals surface area contributed by atoms with Crippen LogP contribution in [0, 0.1) is 0 Å². The Kier molecular flexibility index (Phi) is 4.64. The third-order valence-corrected chi connectivity index (χ3v) is 4.09. The Balaban J connectivity index is 0.00000192. The molecular formula is C15H22ClN5O2. The highest BCUT2D eigenvalue weighted by molar-refractivity contribution is 6.05. The van der Waals surface area contributed by atoms with E-state index in [2.05, 4.69) is 15.2 Å². The van der Waals surface area contributed by atoms with Crippen LogP contribution in [0.2, 0.25) is 0 Å². The van der Waals surface area contributed by atoms with E-state index in [4.69, 9.17) is 10.3 Å². The summed E-state index contributed by atoms with van der Waals surface area (Å²) in [5, 5.41) is 8.13. The normalized spacial score (nSPS) is 17.0. The van der Waals surface area contributed by atoms with Crippen molar-refractivity contribution in [2.45, 2.75) is 57.5 Å². The van der Waals surface area contributed by atoms with Gasteiger partial charge in [-0.15, -0.1) is 12.4 Å². The lowest BCUT2D eigenvalue weighted by molar-refractivity contribution is 0.0993. The Bertz CT molecular complexity index is 695. The number of carbonyl (C=O) groups is 1. The number of hydrogen-bond donors (Lipinski definition) is 1. The van der Waals surface area contributed by atoms with E-state index in [1.54, 1.807) is 10.9 Å². The first-order valence-electron chi connectivity index (χ1n) is 7.52. The van der Waals surface area contributed by atoms with Crippen molar-refractivity contribution in [3.63, 3.8) is 0 Å². The fourth-order valence-electron chi connectivity index (χ4n) is 2.68. The van der Waals surface area contributed by atoms with Gasteiger partial charge in [-0.05, 0) is 33.6 Å². The zero-order valence-electron chi connectivity index (χ0n) is 13.6. The van der Waals surface area contributed by atoms with E-state index in [1.807, 2.05) is 20.8 Å². The molecule has 2 heterocycles. The van der Waals surface area contributed by atoms with E-state index in [1.165, 1.54) is 6.20 Å². The first-order valence-corrected chi connectivity index (χ1v) is 7.52. The van der Waals surface area contributed by atoms with Crippen molar-refractivity contribution in [3.8, 4) is 0 Å². The number of halogens is 1. The average Bonchev–Trinajstić information content (AvgIpc) is 3.17. The minimum Gasteiger partial charge on any atom is -0.330 e. The van der Waals surface area contributed by atoms with Crippen LogP contribution in [-0.4, -0.2) is 25.7 Å². The molecule has 23 heavy (non-hydrogen) atoms. The summed E-state index contributed by atoms with van der Waals surface area (Å²) in [6, 6.07) is 0. The summed E-state index contributed by atoms with van der Waals surface area (Å²) in [5.74, 6) is 0.0765. The molecule has 0 amide bonds. The van der Waals surface area contributed by atoms with Gasteiger partial charge in [0.1, 0.15) is 0 Å². The van der Waals surface area contributed by atoms with Gasteiger partial charge in [0.25, 0.3) is 11.7 Å². The molecule has 0 spiro atoms. The molecule has 2 aromatic heterocycles. The second-order valence-corrected chi connectivity index (χ2v) is 6.96. The predicted molar refractivity (Wildman–Crippen MR) is 86.5 cm³/mol. The molecule has 8 heteroatoms. The number of aromatic nitrogens is 4. The van der Waals surface area contributed by atoms with Gasteiger partial charge in [-0.3, -0.25) is 9.48 Å². The highest BCUT2D eigenvalue weighted by atomic mass is 35.5. The number of nitrogens with zero attached hydrogens (tertiary/aromatic N) is 4. The lowest BCUT2D eigenvalue weighted by atomic mass is 9.99. The first kappa shape index (κ1) is 17.6. The van der Waals surface area contributed by atoms with E-state index >= 15 is 0 Å². The molecule has 0 aromatic carbocycles. The maximum atomic E-state index is 12.4. The predicted octanol–water partition coefficient (Wildman–Crippen LogP) is 2.40. The van der Waals surface area contributed by atoms with Crippen molar-refractivity contribution < 1.29 is 9.32 Å². The second-order valence-electron chi connectivity index (χ2n) is 6.96. The quantitative estimate of drug-likeness (QED) is 0.862. The second kappa shape index (κ2) is 6.05. The van der Waals surface area contributed by atoms with Gasteiger partial charge in [-0.1, -0.05) is 18.0 Å². The van der Waals surface area contributed by atoms with Crippen molar-refractivity contribution in [3.05, 3.63) is 29.7 Å². The van der Waals surface area contributed by atoms with Gasteiger partial charge < -0.3 is 10.3 Å². The lowest BCUT2D eigenvalue weighted by Crippen LogP contribution is -2.34. The summed E-state index contributed by atoms with van der Waals surface area (Å²) >= 11 is 0. The van der Waals surface area contributed by atoms with Crippen molar-refractivity contribution in [1.29, 1.82) is 0 Å². The van der Waals surface area contributed by atoms with Crippen molar-refractivity contribution in [1.82, 2.24) is 19.9 Å². The Hall–Kier alpha value is -1.73. The monoisotopic (exact) mass is 339 g/mol. The van der Waals surface area contributed by atoms with Gasteiger partial charge in [0.05, 0.1) is 22.8 Å². The number of carbonyl (C=O) groups excluding carboxylic acids is 1. The van der Waals surface area contributed by atoms with Gasteiger partial charge in [0.15, 0.2) is 5.82 Å². The maximum Gasteiger partial charge on any atom is 0.299 e. The summed E-state index contributed by atoms with van der Waals surface area (Å²) in [6.45, 7) is 6.03. The summed E-state index contributed by atoms with van der Waals surface area (Å²) in [7, 11) is 0. The Morgan fingerprint density at radius 1 is 1.35 bits per heavy atom. The van der Waals surface area contributed by atoms with Gasteiger partial charge in [0.2, 0.25) is 0 Å². The van der Waals surface area contributed by atoms with Crippen LogP contribution < -0.4 is 5.73 Å². The van der Waals surface area contributed by atoms with Crippen molar-refractivity contribution >= 4 is 18.2 Å². The zero-order chi connectivity index (χ0) is 16.0. The Labute approximate surface area is 141 Å². The van der Waals surface area contributed by atoms with Crippen LogP contribution in [0.15, 0.2) is 16.9 Å². The van der Waals surface area contributed by atoms with Crippen molar-refractivity contribution in [2.24, 2.45) is 5.73 Å². The van der Waals surface area contributed by atoms with Gasteiger partial charge in [0, 0.05) is 6.20 Å². The van der Waals surface area contributed by atoms with E-state index in [0.29, 0.717) is 11.4 Å². The molecule has 0 radical (unpaired) electrons. The molecule has 2 N–H and O–H groups in total. The molecule has 7 nitrogen and oxygen atoms in total. The third-order valence-electron chi connectivity index (χ3n) is 4.09. The van der Waals surface area contributed by atoms with Crippen LogP contribution in [0.25, 0.3) is 0 Å². The Morgan fingerprint density at radius 3 is 2.57 bits per heavy atom. The molecular weight excluding hydrogens is 318 g/mol. The topological polar surface area (TPSA) is 99.8 Å². The fraction of sp³-hybridized carbons (Fsp3) is 0.600. The third kappa shape index (κ3) is 3.30. The smallest absolute Gasteiger partial charge is 0.299 e. The average molecular weight is 340 g/mol. The van der Waals surface area contributed by atoms with E-state index in [0.717, 1.165) is 25.7 Å². The molecule has 1 aliphatic carbocycles. The number of ketones is 1. The summed E-state index contributed by atoms with van der Waals surface area (Å²) in [6.07, 6.45) is 6.95. The van der Waals surface area contributed by atoms with Crippen LogP contribution in [0.5, 0.6) is 0 Å². The van der Waals surface area contributed by atoms with E-state index in [9.17, 15) is 4.79 Å². The molecule has 0 saturated heterocycles. The highest BCUT2D eigenvalue weighted by Gasteiger charge is 2.36. The number of rotatable bonds is 3. The molecule has 2 aromatic rings. The molecule has 3 rings (SSSR count). The van der Waals surface area contributed by atoms with Gasteiger partial charge in [-0.2, -0.15) is 10.1 Å². The van der Waals surface area contributed by atoms with Crippen LogP contribution in [0.4, 0.5) is 0 Å². The van der Waals surface area contributed by atoms with Crippen LogP contribution in [0.1, 0.15) is 68.5 Å². The molecule has 1 saturated carbocycles. The minimum atomic E-state index is -0.558. The molecule has 1 aliphatic rings. The summed E-state index contributed by atoms with van der Waals surface area (Å²) in [4.78, 5) is 16.7. The lowest BCUT2D eigenvalue weighted by Gasteiger charge is -2.18. The summed E-state index contributed by atoms with van der Waals surface area (Å²) < 4.78 is 6.86. The SMILES string of the molecule is CC(C)(C)n1cc(C(=O)c2nc(C3(N)CCCC3)no2)cn1.Cl. The first-order chi connectivity index (χ1) is 10.3. The largest absolute Gasteiger partial charge is 0.330 e. The van der Waals surface area contributed by atoms with E-state index in [-0.39, 0.29) is 29.6 Å². The standard InChI is InChI=1S/C15H21N5O2.ClH/c1-14(2,3)20-9-10(8-17-20)11(21)12-18-13(19-22-12)15(16)6-4-5-7-15;/h8-9H,4-7,16H2,1-3H3;1H. The molecule has 0 bridgehead atoms. The van der Waals surface area contributed by atoms with Crippen LogP contribution in [-0.2, 0) is 11.1 Å². The molecule has 1 fully saturated rings. The maximum absolute atomic E-state index is 12.4. The molecule has 0 aliphatic heterocycles. The molecule has 0 atom stereocenters. The highest BCUT2D eigenvalue weighted by Crippen LogP contribution is 2.34. The van der Waals surface area contributed by atoms with E-state index < -0.39 is 5.54 Å². The number of nitrogens with two attached hydrogens (primary N) is 1. The van der Waals surface area contributed by atoms with Gasteiger partial charge >= 0.3 is 0 Å². The van der Waals surface area contributed by atoms with Crippen LogP contribution >= 0.6 is 12.4 Å². The summed E-state index contributed by atoms with van der Waals surface area (Å²) in [5.41, 5.74) is 5.97. The fourth-order valence-corrected chi connectivity index (χ4v) is 2.68. The van der Waals surface area contributed by atoms with Gasteiger partial charge in [-0.25, -0.2) is 0 Å². The minimum absolute atomic E-state index is 0. The Morgan fingerprint density at radius 2 is 2.00 bits per heavy atom. The molecule has 126 valence electrons.